The summed E-state index contributed by atoms with van der Waals surface area (Å²) >= 11 is 4.95. The molecule has 1 heterocycles. The number of hydrogen-bond donors (Lipinski definition) is 0. The third-order valence-electron chi connectivity index (χ3n) is 2.42. The highest BCUT2D eigenvalue weighted by molar-refractivity contribution is 9.10. The highest BCUT2D eigenvalue weighted by Crippen LogP contribution is 2.31. The molecule has 0 bridgehead atoms. The lowest BCUT2D eigenvalue weighted by molar-refractivity contribution is 0.0987. The predicted molar refractivity (Wildman–Crippen MR) is 63.9 cm³/mol. The summed E-state index contributed by atoms with van der Waals surface area (Å²) in [6.07, 6.45) is 1.99. The van der Waals surface area contributed by atoms with Crippen LogP contribution in [0.4, 0.5) is 4.39 Å². The smallest absolute Gasteiger partial charge is 0.177 e. The number of thioether (sulfide) groups is 1. The molecule has 1 aromatic rings. The first-order chi connectivity index (χ1) is 7.18. The van der Waals surface area contributed by atoms with Crippen LogP contribution in [-0.4, -0.2) is 16.8 Å². The van der Waals surface area contributed by atoms with Crippen molar-refractivity contribution >= 4 is 33.5 Å². The lowest BCUT2D eigenvalue weighted by Crippen LogP contribution is -2.14. The second-order valence-electron chi connectivity index (χ2n) is 3.49. The molecule has 0 amide bonds. The molecule has 2 rings (SSSR count). The molecule has 0 N–H and O–H groups in total. The van der Waals surface area contributed by atoms with Gasteiger partial charge in [0.15, 0.2) is 5.78 Å². The average molecular weight is 289 g/mol. The summed E-state index contributed by atoms with van der Waals surface area (Å²) in [6, 6.07) is 4.25. The van der Waals surface area contributed by atoms with E-state index in [-0.39, 0.29) is 16.9 Å². The minimum absolute atomic E-state index is 0.0168. The Labute approximate surface area is 101 Å². The standard InChI is InChI=1S/C11H10BrFOS/c12-9-4-3-7(13)6-8(9)11(14)10-2-1-5-15-10/h3-4,6,10H,1-2,5H2. The molecule has 0 saturated carbocycles. The fourth-order valence-electron chi connectivity index (χ4n) is 1.64. The molecule has 0 aliphatic carbocycles. The summed E-state index contributed by atoms with van der Waals surface area (Å²) < 4.78 is 13.7. The maximum atomic E-state index is 13.0. The Morgan fingerprint density at radius 3 is 3.00 bits per heavy atom. The van der Waals surface area contributed by atoms with Gasteiger partial charge in [-0.2, -0.15) is 11.8 Å². The van der Waals surface area contributed by atoms with Crippen LogP contribution >= 0.6 is 27.7 Å². The molecular weight excluding hydrogens is 279 g/mol. The first-order valence-corrected chi connectivity index (χ1v) is 6.63. The normalized spacial score (nSPS) is 20.5. The van der Waals surface area contributed by atoms with Crippen molar-refractivity contribution in [2.45, 2.75) is 18.1 Å². The van der Waals surface area contributed by atoms with Gasteiger partial charge in [0, 0.05) is 10.0 Å². The van der Waals surface area contributed by atoms with Crippen LogP contribution in [0, 0.1) is 5.82 Å². The summed E-state index contributed by atoms with van der Waals surface area (Å²) in [5.74, 6) is 0.719. The van der Waals surface area contributed by atoms with Crippen molar-refractivity contribution in [2.24, 2.45) is 0 Å². The number of rotatable bonds is 2. The zero-order chi connectivity index (χ0) is 10.8. The third kappa shape index (κ3) is 2.42. The van der Waals surface area contributed by atoms with Crippen LogP contribution in [0.15, 0.2) is 22.7 Å². The van der Waals surface area contributed by atoms with E-state index in [1.165, 1.54) is 12.1 Å². The summed E-state index contributed by atoms with van der Waals surface area (Å²) in [4.78, 5) is 12.0. The van der Waals surface area contributed by atoms with Gasteiger partial charge in [0.2, 0.25) is 0 Å². The second-order valence-corrected chi connectivity index (χ2v) is 5.66. The summed E-state index contributed by atoms with van der Waals surface area (Å²) in [7, 11) is 0. The predicted octanol–water partition coefficient (Wildman–Crippen LogP) is 3.67. The van der Waals surface area contributed by atoms with E-state index in [0.29, 0.717) is 10.0 Å². The maximum Gasteiger partial charge on any atom is 0.177 e. The quantitative estimate of drug-likeness (QED) is 0.773. The Morgan fingerprint density at radius 2 is 2.33 bits per heavy atom. The molecule has 1 saturated heterocycles. The average Bonchev–Trinajstić information content (AvgIpc) is 2.74. The lowest BCUT2D eigenvalue weighted by atomic mass is 10.1. The first kappa shape index (κ1) is 11.1. The molecule has 1 aliphatic rings. The molecule has 1 fully saturated rings. The summed E-state index contributed by atoms with van der Waals surface area (Å²) in [6.45, 7) is 0. The molecule has 1 aliphatic heterocycles. The molecule has 0 aromatic heterocycles. The van der Waals surface area contributed by atoms with E-state index < -0.39 is 0 Å². The van der Waals surface area contributed by atoms with Crippen molar-refractivity contribution in [3.8, 4) is 0 Å². The van der Waals surface area contributed by atoms with Crippen LogP contribution in [0.5, 0.6) is 0 Å². The minimum Gasteiger partial charge on any atom is -0.293 e. The van der Waals surface area contributed by atoms with Gasteiger partial charge in [0.1, 0.15) is 5.82 Å². The van der Waals surface area contributed by atoms with Crippen LogP contribution in [0.2, 0.25) is 0 Å². The number of ketones is 1. The largest absolute Gasteiger partial charge is 0.293 e. The molecule has 1 atom stereocenters. The Hall–Kier alpha value is -0.350. The van der Waals surface area contributed by atoms with Crippen molar-refractivity contribution in [3.63, 3.8) is 0 Å². The third-order valence-corrected chi connectivity index (χ3v) is 4.48. The number of Topliss-reactive ketones (excluding diaryl/α,β-unsaturated/α-hetero) is 1. The molecule has 4 heteroatoms. The second kappa shape index (κ2) is 4.66. The molecule has 80 valence electrons. The van der Waals surface area contributed by atoms with Crippen molar-refractivity contribution < 1.29 is 9.18 Å². The fraction of sp³-hybridized carbons (Fsp3) is 0.364. The first-order valence-electron chi connectivity index (χ1n) is 4.79. The van der Waals surface area contributed by atoms with E-state index >= 15 is 0 Å². The Morgan fingerprint density at radius 1 is 1.53 bits per heavy atom. The van der Waals surface area contributed by atoms with Gasteiger partial charge >= 0.3 is 0 Å². The Bertz CT molecular complexity index is 388. The van der Waals surface area contributed by atoms with Crippen molar-refractivity contribution in [3.05, 3.63) is 34.1 Å². The van der Waals surface area contributed by atoms with E-state index in [1.807, 2.05) is 0 Å². The molecule has 1 unspecified atom stereocenters. The van der Waals surface area contributed by atoms with E-state index in [1.54, 1.807) is 17.8 Å². The van der Waals surface area contributed by atoms with E-state index in [9.17, 15) is 9.18 Å². The number of benzene rings is 1. The molecular formula is C11H10BrFOS. The molecule has 1 aromatic carbocycles. The minimum atomic E-state index is -0.357. The monoisotopic (exact) mass is 288 g/mol. The number of hydrogen-bond acceptors (Lipinski definition) is 2. The number of carbonyl (C=O) groups is 1. The molecule has 0 spiro atoms. The Balaban J connectivity index is 2.27. The number of halogens is 2. The van der Waals surface area contributed by atoms with Gasteiger partial charge in [-0.25, -0.2) is 4.39 Å². The zero-order valence-corrected chi connectivity index (χ0v) is 10.4. The van der Waals surface area contributed by atoms with E-state index in [4.69, 9.17) is 0 Å². The zero-order valence-electron chi connectivity index (χ0n) is 8.00. The van der Waals surface area contributed by atoms with Crippen LogP contribution in [-0.2, 0) is 0 Å². The van der Waals surface area contributed by atoms with Crippen LogP contribution in [0.3, 0.4) is 0 Å². The van der Waals surface area contributed by atoms with Crippen LogP contribution in [0.25, 0.3) is 0 Å². The van der Waals surface area contributed by atoms with Crippen molar-refractivity contribution in [1.82, 2.24) is 0 Å². The van der Waals surface area contributed by atoms with Gasteiger partial charge in [-0.3, -0.25) is 4.79 Å². The van der Waals surface area contributed by atoms with Crippen molar-refractivity contribution in [1.29, 1.82) is 0 Å². The van der Waals surface area contributed by atoms with E-state index in [2.05, 4.69) is 15.9 Å². The topological polar surface area (TPSA) is 17.1 Å². The SMILES string of the molecule is O=C(c1cc(F)ccc1Br)C1CCCS1. The van der Waals surface area contributed by atoms with Gasteiger partial charge in [-0.15, -0.1) is 0 Å². The molecule has 15 heavy (non-hydrogen) atoms. The maximum absolute atomic E-state index is 13.0. The van der Waals surface area contributed by atoms with Gasteiger partial charge in [-0.05, 0) is 36.8 Å². The highest BCUT2D eigenvalue weighted by Gasteiger charge is 2.25. The summed E-state index contributed by atoms with van der Waals surface area (Å²) in [5.41, 5.74) is 0.467. The Kier molecular flexibility index (Phi) is 3.46. The molecule has 0 radical (unpaired) electrons. The van der Waals surface area contributed by atoms with Crippen LogP contribution < -0.4 is 0 Å². The molecule has 1 nitrogen and oxygen atoms in total. The number of carbonyl (C=O) groups excluding carboxylic acids is 1. The van der Waals surface area contributed by atoms with E-state index in [0.717, 1.165) is 18.6 Å². The van der Waals surface area contributed by atoms with Gasteiger partial charge in [0.05, 0.1) is 5.25 Å². The van der Waals surface area contributed by atoms with Crippen molar-refractivity contribution in [2.75, 3.05) is 5.75 Å². The fourth-order valence-corrected chi connectivity index (χ4v) is 3.32. The van der Waals surface area contributed by atoms with Crippen LogP contribution in [0.1, 0.15) is 23.2 Å². The van der Waals surface area contributed by atoms with Gasteiger partial charge < -0.3 is 0 Å². The van der Waals surface area contributed by atoms with Gasteiger partial charge in [0.25, 0.3) is 0 Å². The van der Waals surface area contributed by atoms with Gasteiger partial charge in [-0.1, -0.05) is 15.9 Å². The summed E-state index contributed by atoms with van der Waals surface area (Å²) in [5, 5.41) is 0.0168. The lowest BCUT2D eigenvalue weighted by Gasteiger charge is -2.08. The highest BCUT2D eigenvalue weighted by atomic mass is 79.9.